The van der Waals surface area contributed by atoms with Gasteiger partial charge in [0.2, 0.25) is 5.91 Å². The van der Waals surface area contributed by atoms with Crippen molar-refractivity contribution in [3.05, 3.63) is 25.4 Å². The van der Waals surface area contributed by atoms with Gasteiger partial charge in [0, 0.05) is 19.0 Å². The molecule has 0 saturated carbocycles. The average molecular weight is 164 g/mol. The molecule has 1 saturated heterocycles. The molecule has 0 N–H and O–H groups in total. The number of allylic oxidation sites excluding steroid dienone is 1. The van der Waals surface area contributed by atoms with Crippen LogP contribution in [0.4, 0.5) is 0 Å². The normalized spacial score (nSPS) is 14.2. The molecular formula is C9H12N2O. The van der Waals surface area contributed by atoms with Gasteiger partial charge in [0.15, 0.2) is 0 Å². The summed E-state index contributed by atoms with van der Waals surface area (Å²) in [5.41, 5.74) is 0. The fourth-order valence-corrected chi connectivity index (χ4v) is 0.862. The maximum Gasteiger partial charge on any atom is 0.226 e. The van der Waals surface area contributed by atoms with E-state index in [2.05, 4.69) is 13.2 Å². The van der Waals surface area contributed by atoms with E-state index < -0.39 is 0 Å². The largest absolute Gasteiger partial charge is 0.320 e. The number of nitrogens with zero attached hydrogens (tertiary/aromatic N) is 2. The minimum atomic E-state index is 0.208. The summed E-state index contributed by atoms with van der Waals surface area (Å²) in [6, 6.07) is 1.69. The minimum Gasteiger partial charge on any atom is -0.320 e. The van der Waals surface area contributed by atoms with Crippen LogP contribution in [0.3, 0.4) is 0 Å². The molecule has 0 aromatic heterocycles. The van der Waals surface area contributed by atoms with E-state index in [1.165, 1.54) is 6.08 Å². The van der Waals surface area contributed by atoms with E-state index in [9.17, 15) is 4.79 Å². The number of hydrogen-bond acceptors (Lipinski definition) is 2. The number of hydrogen-bond donors (Lipinski definition) is 0. The number of likely N-dealkylation sites (tertiary alicyclic amines) is 1. The lowest BCUT2D eigenvalue weighted by molar-refractivity contribution is -0.125. The Hall–Kier alpha value is -1.56. The Labute approximate surface area is 72.6 Å². The van der Waals surface area contributed by atoms with Crippen LogP contribution in [0, 0.1) is 11.3 Å². The highest BCUT2D eigenvalue weighted by Crippen LogP contribution is 2.08. The SMILES string of the molecule is C=CC#N.C=CN1CCCC1=O. The fraction of sp³-hybridized carbons (Fsp3) is 0.333. The van der Waals surface area contributed by atoms with Gasteiger partial charge in [-0.2, -0.15) is 5.26 Å². The van der Waals surface area contributed by atoms with Crippen LogP contribution in [0.5, 0.6) is 0 Å². The van der Waals surface area contributed by atoms with E-state index in [0.717, 1.165) is 13.0 Å². The topological polar surface area (TPSA) is 44.1 Å². The molecule has 1 rings (SSSR count). The van der Waals surface area contributed by atoms with Crippen molar-refractivity contribution in [2.24, 2.45) is 0 Å². The molecule has 0 aromatic carbocycles. The number of rotatable bonds is 1. The first-order valence-corrected chi connectivity index (χ1v) is 3.68. The summed E-state index contributed by atoms with van der Waals surface area (Å²) in [6.07, 6.45) is 4.46. The third-order valence-corrected chi connectivity index (χ3v) is 1.42. The van der Waals surface area contributed by atoms with E-state index in [1.807, 2.05) is 0 Å². The maximum atomic E-state index is 10.7. The Morgan fingerprint density at radius 2 is 2.17 bits per heavy atom. The zero-order valence-corrected chi connectivity index (χ0v) is 6.99. The zero-order valence-electron chi connectivity index (χ0n) is 6.99. The molecule has 0 spiro atoms. The Morgan fingerprint density at radius 3 is 2.33 bits per heavy atom. The zero-order chi connectivity index (χ0) is 9.40. The second-order valence-electron chi connectivity index (χ2n) is 2.21. The third kappa shape index (κ3) is 3.57. The van der Waals surface area contributed by atoms with Crippen molar-refractivity contribution < 1.29 is 4.79 Å². The second kappa shape index (κ2) is 6.17. The van der Waals surface area contributed by atoms with Gasteiger partial charge in [0.25, 0.3) is 0 Å². The Balaban J connectivity index is 0.000000261. The summed E-state index contributed by atoms with van der Waals surface area (Å²) in [5.74, 6) is 0.208. The molecule has 0 radical (unpaired) electrons. The highest BCUT2D eigenvalue weighted by molar-refractivity contribution is 5.78. The molecule has 0 atom stereocenters. The molecule has 3 nitrogen and oxygen atoms in total. The smallest absolute Gasteiger partial charge is 0.226 e. The number of amides is 1. The first-order valence-electron chi connectivity index (χ1n) is 3.68. The van der Waals surface area contributed by atoms with E-state index in [1.54, 1.807) is 17.2 Å². The molecule has 0 aliphatic carbocycles. The Bertz CT molecular complexity index is 215. The lowest BCUT2D eigenvalue weighted by Crippen LogP contribution is -2.16. The number of carbonyl (C=O) groups is 1. The summed E-state index contributed by atoms with van der Waals surface area (Å²) in [4.78, 5) is 12.3. The summed E-state index contributed by atoms with van der Waals surface area (Å²) in [5, 5.41) is 7.51. The van der Waals surface area contributed by atoms with Crippen molar-refractivity contribution in [2.75, 3.05) is 6.54 Å². The molecule has 1 aliphatic rings. The summed E-state index contributed by atoms with van der Waals surface area (Å²) < 4.78 is 0. The number of nitriles is 1. The number of carbonyl (C=O) groups excluding carboxylic acids is 1. The van der Waals surface area contributed by atoms with E-state index in [-0.39, 0.29) is 5.91 Å². The van der Waals surface area contributed by atoms with Crippen LogP contribution < -0.4 is 0 Å². The molecule has 1 fully saturated rings. The van der Waals surface area contributed by atoms with Gasteiger partial charge in [0.1, 0.15) is 0 Å². The molecule has 1 aliphatic heterocycles. The quantitative estimate of drug-likeness (QED) is 0.550. The molecule has 1 amide bonds. The molecule has 64 valence electrons. The van der Waals surface area contributed by atoms with Gasteiger partial charge < -0.3 is 4.90 Å². The molecular weight excluding hydrogens is 152 g/mol. The van der Waals surface area contributed by atoms with Crippen molar-refractivity contribution >= 4 is 5.91 Å². The maximum absolute atomic E-state index is 10.7. The van der Waals surface area contributed by atoms with Gasteiger partial charge in [-0.1, -0.05) is 13.2 Å². The molecule has 0 aromatic rings. The summed E-state index contributed by atoms with van der Waals surface area (Å²) in [6.45, 7) is 7.48. The van der Waals surface area contributed by atoms with Crippen LogP contribution in [0.1, 0.15) is 12.8 Å². The minimum absolute atomic E-state index is 0.208. The Morgan fingerprint density at radius 1 is 1.58 bits per heavy atom. The van der Waals surface area contributed by atoms with Crippen molar-refractivity contribution in [1.82, 2.24) is 4.90 Å². The first kappa shape index (κ1) is 10.4. The Kier molecular flexibility index (Phi) is 5.37. The van der Waals surface area contributed by atoms with Gasteiger partial charge in [0.05, 0.1) is 6.07 Å². The van der Waals surface area contributed by atoms with E-state index in [4.69, 9.17) is 5.26 Å². The van der Waals surface area contributed by atoms with E-state index >= 15 is 0 Å². The summed E-state index contributed by atoms with van der Waals surface area (Å²) >= 11 is 0. The van der Waals surface area contributed by atoms with Crippen LogP contribution in [-0.4, -0.2) is 17.4 Å². The standard InChI is InChI=1S/C6H9NO.C3H3N/c1-2-7-5-3-4-6(7)8;1-2-3-4/h2H,1,3-5H2;2H,1H2. The van der Waals surface area contributed by atoms with Gasteiger partial charge in [-0.3, -0.25) is 4.79 Å². The lowest BCUT2D eigenvalue weighted by Gasteiger charge is -2.05. The molecule has 3 heteroatoms. The molecule has 0 unspecified atom stereocenters. The average Bonchev–Trinajstić information content (AvgIpc) is 2.51. The van der Waals surface area contributed by atoms with Crippen LogP contribution in [-0.2, 0) is 4.79 Å². The van der Waals surface area contributed by atoms with Gasteiger partial charge in [-0.25, -0.2) is 0 Å². The van der Waals surface area contributed by atoms with Gasteiger partial charge in [-0.05, 0) is 12.6 Å². The van der Waals surface area contributed by atoms with Crippen molar-refractivity contribution in [1.29, 1.82) is 5.26 Å². The fourth-order valence-electron chi connectivity index (χ4n) is 0.862. The predicted molar refractivity (Wildman–Crippen MR) is 47.0 cm³/mol. The first-order chi connectivity index (χ1) is 5.76. The highest BCUT2D eigenvalue weighted by Gasteiger charge is 2.15. The van der Waals surface area contributed by atoms with Crippen molar-refractivity contribution in [2.45, 2.75) is 12.8 Å². The van der Waals surface area contributed by atoms with Crippen LogP contribution >= 0.6 is 0 Å². The molecule has 12 heavy (non-hydrogen) atoms. The third-order valence-electron chi connectivity index (χ3n) is 1.42. The van der Waals surface area contributed by atoms with Crippen LogP contribution in [0.2, 0.25) is 0 Å². The summed E-state index contributed by atoms with van der Waals surface area (Å²) in [7, 11) is 0. The van der Waals surface area contributed by atoms with Crippen molar-refractivity contribution in [3.63, 3.8) is 0 Å². The lowest BCUT2D eigenvalue weighted by atomic mass is 10.4. The van der Waals surface area contributed by atoms with E-state index in [0.29, 0.717) is 6.42 Å². The molecule has 0 bridgehead atoms. The highest BCUT2D eigenvalue weighted by atomic mass is 16.2. The molecule has 1 heterocycles. The second-order valence-corrected chi connectivity index (χ2v) is 2.21. The predicted octanol–water partition coefficient (Wildman–Crippen LogP) is 1.45. The monoisotopic (exact) mass is 164 g/mol. The van der Waals surface area contributed by atoms with Gasteiger partial charge in [-0.15, -0.1) is 0 Å². The van der Waals surface area contributed by atoms with Crippen LogP contribution in [0.25, 0.3) is 0 Å². The van der Waals surface area contributed by atoms with Crippen molar-refractivity contribution in [3.8, 4) is 6.07 Å². The van der Waals surface area contributed by atoms with Gasteiger partial charge >= 0.3 is 0 Å². The van der Waals surface area contributed by atoms with Crippen LogP contribution in [0.15, 0.2) is 25.4 Å².